The highest BCUT2D eigenvalue weighted by Crippen LogP contribution is 2.36. The van der Waals surface area contributed by atoms with Gasteiger partial charge in [0.15, 0.2) is 0 Å². The predicted molar refractivity (Wildman–Crippen MR) is 93.3 cm³/mol. The third kappa shape index (κ3) is 3.55. The zero-order valence-corrected chi connectivity index (χ0v) is 14.9. The molecule has 2 fully saturated rings. The number of aryl methyl sites for hydroxylation is 1. The summed E-state index contributed by atoms with van der Waals surface area (Å²) in [5, 5.41) is 11.8. The number of piperidine rings is 1. The summed E-state index contributed by atoms with van der Waals surface area (Å²) in [5.74, 6) is 1.23. The van der Waals surface area contributed by atoms with Crippen LogP contribution in [0.15, 0.2) is 28.7 Å². The maximum absolute atomic E-state index is 12.5. The Bertz CT molecular complexity index is 764. The number of hydrogen-bond donors (Lipinski definition) is 1. The predicted octanol–water partition coefficient (Wildman–Crippen LogP) is 2.96. The van der Waals surface area contributed by atoms with E-state index in [1.54, 1.807) is 24.3 Å². The van der Waals surface area contributed by atoms with Crippen LogP contribution < -0.4 is 5.32 Å². The van der Waals surface area contributed by atoms with Crippen LogP contribution in [0.4, 0.5) is 0 Å². The standard InChI is InChI=1S/C18H21ClN4O2/c1-11-21-22-17(25-11)10-23-15-5-6-16(23)9-14(8-15)20-18(24)12-3-2-4-13(19)7-12/h2-4,7,14-16H,5-6,8-10H2,1H3,(H,20,24). The number of benzene rings is 1. The molecule has 2 bridgehead atoms. The summed E-state index contributed by atoms with van der Waals surface area (Å²) >= 11 is 5.98. The molecule has 2 unspecified atom stereocenters. The summed E-state index contributed by atoms with van der Waals surface area (Å²) in [6.07, 6.45) is 4.22. The Labute approximate surface area is 151 Å². The average molecular weight is 361 g/mol. The Morgan fingerprint density at radius 3 is 2.72 bits per heavy atom. The highest BCUT2D eigenvalue weighted by molar-refractivity contribution is 6.30. The molecule has 132 valence electrons. The lowest BCUT2D eigenvalue weighted by Crippen LogP contribution is -2.50. The summed E-state index contributed by atoms with van der Waals surface area (Å²) in [6.45, 7) is 2.51. The lowest BCUT2D eigenvalue weighted by molar-refractivity contribution is 0.0798. The Morgan fingerprint density at radius 2 is 2.08 bits per heavy atom. The van der Waals surface area contributed by atoms with Crippen LogP contribution in [0.2, 0.25) is 5.02 Å². The van der Waals surface area contributed by atoms with Crippen molar-refractivity contribution in [3.8, 4) is 0 Å². The summed E-state index contributed by atoms with van der Waals surface area (Å²) in [5.41, 5.74) is 0.614. The minimum atomic E-state index is -0.0483. The van der Waals surface area contributed by atoms with E-state index in [-0.39, 0.29) is 11.9 Å². The molecule has 0 saturated carbocycles. The number of nitrogens with one attached hydrogen (secondary N) is 1. The third-order valence-corrected chi connectivity index (χ3v) is 5.43. The fraction of sp³-hybridized carbons (Fsp3) is 0.500. The fourth-order valence-corrected chi connectivity index (χ4v) is 4.30. The first-order valence-corrected chi connectivity index (χ1v) is 9.07. The number of amides is 1. The SMILES string of the molecule is Cc1nnc(CN2C3CCC2CC(NC(=O)c2cccc(Cl)c2)C3)o1. The van der Waals surface area contributed by atoms with E-state index in [0.717, 1.165) is 25.7 Å². The van der Waals surface area contributed by atoms with Crippen LogP contribution in [-0.4, -0.2) is 39.1 Å². The molecule has 6 nitrogen and oxygen atoms in total. The zero-order chi connectivity index (χ0) is 17.4. The highest BCUT2D eigenvalue weighted by atomic mass is 35.5. The number of aromatic nitrogens is 2. The van der Waals surface area contributed by atoms with Gasteiger partial charge >= 0.3 is 0 Å². The van der Waals surface area contributed by atoms with Crippen molar-refractivity contribution in [2.45, 2.75) is 57.3 Å². The first kappa shape index (κ1) is 16.5. The largest absolute Gasteiger partial charge is 0.424 e. The van der Waals surface area contributed by atoms with Gasteiger partial charge in [0, 0.05) is 35.6 Å². The summed E-state index contributed by atoms with van der Waals surface area (Å²) < 4.78 is 5.52. The van der Waals surface area contributed by atoms with Gasteiger partial charge in [-0.1, -0.05) is 17.7 Å². The van der Waals surface area contributed by atoms with Crippen molar-refractivity contribution < 1.29 is 9.21 Å². The van der Waals surface area contributed by atoms with Gasteiger partial charge in [0.1, 0.15) is 0 Å². The van der Waals surface area contributed by atoms with E-state index in [2.05, 4.69) is 20.4 Å². The molecule has 1 amide bonds. The Kier molecular flexibility index (Phi) is 4.48. The van der Waals surface area contributed by atoms with Crippen LogP contribution >= 0.6 is 11.6 Å². The van der Waals surface area contributed by atoms with E-state index in [9.17, 15) is 4.79 Å². The summed E-state index contributed by atoms with van der Waals surface area (Å²) in [6, 6.07) is 8.18. The van der Waals surface area contributed by atoms with Crippen molar-refractivity contribution in [2.75, 3.05) is 0 Å². The van der Waals surface area contributed by atoms with Crippen molar-refractivity contribution in [1.29, 1.82) is 0 Å². The number of rotatable bonds is 4. The van der Waals surface area contributed by atoms with Crippen molar-refractivity contribution in [3.05, 3.63) is 46.6 Å². The molecule has 25 heavy (non-hydrogen) atoms. The normalized spacial score (nSPS) is 25.9. The summed E-state index contributed by atoms with van der Waals surface area (Å²) in [4.78, 5) is 14.9. The monoisotopic (exact) mass is 360 g/mol. The number of nitrogens with zero attached hydrogens (tertiary/aromatic N) is 3. The van der Waals surface area contributed by atoms with E-state index in [4.69, 9.17) is 16.0 Å². The highest BCUT2D eigenvalue weighted by Gasteiger charge is 2.41. The smallest absolute Gasteiger partial charge is 0.251 e. The van der Waals surface area contributed by atoms with E-state index < -0.39 is 0 Å². The van der Waals surface area contributed by atoms with E-state index >= 15 is 0 Å². The molecule has 1 aromatic carbocycles. The Morgan fingerprint density at radius 1 is 1.32 bits per heavy atom. The lowest BCUT2D eigenvalue weighted by Gasteiger charge is -2.38. The van der Waals surface area contributed by atoms with Crippen molar-refractivity contribution in [2.24, 2.45) is 0 Å². The van der Waals surface area contributed by atoms with Crippen LogP contribution in [0.1, 0.15) is 47.8 Å². The van der Waals surface area contributed by atoms with Crippen LogP contribution in [0.25, 0.3) is 0 Å². The molecule has 2 aliphatic rings. The summed E-state index contributed by atoms with van der Waals surface area (Å²) in [7, 11) is 0. The molecule has 2 saturated heterocycles. The maximum Gasteiger partial charge on any atom is 0.251 e. The molecule has 0 radical (unpaired) electrons. The lowest BCUT2D eigenvalue weighted by atomic mass is 9.97. The molecule has 7 heteroatoms. The van der Waals surface area contributed by atoms with Crippen molar-refractivity contribution in [1.82, 2.24) is 20.4 Å². The fourth-order valence-electron chi connectivity index (χ4n) is 4.11. The second-order valence-corrected chi connectivity index (χ2v) is 7.36. The zero-order valence-electron chi connectivity index (χ0n) is 14.1. The van der Waals surface area contributed by atoms with Gasteiger partial charge in [-0.2, -0.15) is 0 Å². The number of halogens is 1. The first-order valence-electron chi connectivity index (χ1n) is 8.69. The molecule has 1 aromatic heterocycles. The third-order valence-electron chi connectivity index (χ3n) is 5.19. The molecule has 2 aliphatic heterocycles. The number of fused-ring (bicyclic) bond motifs is 2. The first-order chi connectivity index (χ1) is 12.1. The number of hydrogen-bond acceptors (Lipinski definition) is 5. The molecular weight excluding hydrogens is 340 g/mol. The second kappa shape index (κ2) is 6.77. The van der Waals surface area contributed by atoms with Gasteiger partial charge in [-0.15, -0.1) is 10.2 Å². The molecule has 2 aromatic rings. The van der Waals surface area contributed by atoms with Gasteiger partial charge in [0.25, 0.3) is 5.91 Å². The molecule has 3 heterocycles. The minimum Gasteiger partial charge on any atom is -0.424 e. The van der Waals surface area contributed by atoms with Crippen LogP contribution in [0.3, 0.4) is 0 Å². The van der Waals surface area contributed by atoms with Gasteiger partial charge in [-0.3, -0.25) is 9.69 Å². The van der Waals surface area contributed by atoms with Gasteiger partial charge in [0.05, 0.1) is 6.54 Å². The van der Waals surface area contributed by atoms with E-state index in [0.29, 0.717) is 41.0 Å². The molecule has 1 N–H and O–H groups in total. The Balaban J connectivity index is 1.39. The van der Waals surface area contributed by atoms with E-state index in [1.807, 2.05) is 6.92 Å². The average Bonchev–Trinajstić information content (AvgIpc) is 3.08. The second-order valence-electron chi connectivity index (χ2n) is 6.92. The van der Waals surface area contributed by atoms with E-state index in [1.165, 1.54) is 0 Å². The number of carbonyl (C=O) groups is 1. The van der Waals surface area contributed by atoms with Gasteiger partial charge < -0.3 is 9.73 Å². The van der Waals surface area contributed by atoms with Crippen LogP contribution in [-0.2, 0) is 6.54 Å². The van der Waals surface area contributed by atoms with Crippen LogP contribution in [0, 0.1) is 6.92 Å². The van der Waals surface area contributed by atoms with Gasteiger partial charge in [0.2, 0.25) is 11.8 Å². The van der Waals surface area contributed by atoms with Crippen molar-refractivity contribution >= 4 is 17.5 Å². The molecule has 0 spiro atoms. The molecule has 2 atom stereocenters. The topological polar surface area (TPSA) is 71.3 Å². The van der Waals surface area contributed by atoms with Crippen molar-refractivity contribution in [3.63, 3.8) is 0 Å². The maximum atomic E-state index is 12.5. The van der Waals surface area contributed by atoms with Gasteiger partial charge in [-0.25, -0.2) is 0 Å². The quantitative estimate of drug-likeness (QED) is 0.907. The minimum absolute atomic E-state index is 0.0483. The number of carbonyl (C=O) groups excluding carboxylic acids is 1. The molecule has 0 aliphatic carbocycles. The molecule has 4 rings (SSSR count). The van der Waals surface area contributed by atoms with Crippen LogP contribution in [0.5, 0.6) is 0 Å². The van der Waals surface area contributed by atoms with Gasteiger partial charge in [-0.05, 0) is 43.9 Å². The molecular formula is C18H21ClN4O2. The Hall–Kier alpha value is -1.92.